The van der Waals surface area contributed by atoms with E-state index >= 15 is 0 Å². The fourth-order valence-corrected chi connectivity index (χ4v) is 3.37. The third-order valence-electron chi connectivity index (χ3n) is 4.95. The number of hydrogen-bond donors (Lipinski definition) is 1. The third-order valence-corrected chi connectivity index (χ3v) is 4.95. The maximum atomic E-state index is 12.5. The lowest BCUT2D eigenvalue weighted by Crippen LogP contribution is -2.37. The Morgan fingerprint density at radius 3 is 2.50 bits per heavy atom. The lowest BCUT2D eigenvalue weighted by atomic mass is 9.89. The van der Waals surface area contributed by atoms with E-state index in [1.54, 1.807) is 20.1 Å². The number of amides is 1. The molecule has 0 aromatic heterocycles. The Morgan fingerprint density at radius 2 is 1.73 bits per heavy atom. The average molecular weight is 353 g/mol. The molecule has 2 atom stereocenters. The van der Waals surface area contributed by atoms with E-state index in [0.29, 0.717) is 11.5 Å². The van der Waals surface area contributed by atoms with Crippen molar-refractivity contribution in [3.8, 4) is 11.5 Å². The number of carbonyl (C=O) groups is 1. The number of aryl methyl sites for hydroxylation is 2. The van der Waals surface area contributed by atoms with E-state index in [9.17, 15) is 4.79 Å². The van der Waals surface area contributed by atoms with Crippen LogP contribution in [0.4, 0.5) is 0 Å². The molecular formula is C22H27NO3. The number of carbonyl (C=O) groups excluding carboxylic acids is 1. The van der Waals surface area contributed by atoms with E-state index < -0.39 is 6.10 Å². The lowest BCUT2D eigenvalue weighted by molar-refractivity contribution is -0.127. The van der Waals surface area contributed by atoms with Crippen molar-refractivity contribution < 1.29 is 14.3 Å². The summed E-state index contributed by atoms with van der Waals surface area (Å²) in [6, 6.07) is 13.8. The Labute approximate surface area is 155 Å². The molecule has 2 aromatic carbocycles. The van der Waals surface area contributed by atoms with Crippen LogP contribution >= 0.6 is 0 Å². The summed E-state index contributed by atoms with van der Waals surface area (Å²) in [6.07, 6.45) is 4.25. The van der Waals surface area contributed by atoms with Crippen LogP contribution in [-0.2, 0) is 17.6 Å². The monoisotopic (exact) mass is 353 g/mol. The van der Waals surface area contributed by atoms with Gasteiger partial charge in [0, 0.05) is 6.07 Å². The van der Waals surface area contributed by atoms with E-state index in [0.717, 1.165) is 12.0 Å². The van der Waals surface area contributed by atoms with E-state index in [1.165, 1.54) is 30.4 Å². The van der Waals surface area contributed by atoms with Gasteiger partial charge in [0.05, 0.1) is 13.2 Å². The highest BCUT2D eigenvalue weighted by Gasteiger charge is 2.19. The van der Waals surface area contributed by atoms with Gasteiger partial charge in [-0.2, -0.15) is 0 Å². The van der Waals surface area contributed by atoms with Gasteiger partial charge in [0.25, 0.3) is 5.91 Å². The summed E-state index contributed by atoms with van der Waals surface area (Å²) in [6.45, 7) is 3.77. The largest absolute Gasteiger partial charge is 0.497 e. The van der Waals surface area contributed by atoms with Gasteiger partial charge in [-0.3, -0.25) is 4.79 Å². The molecule has 26 heavy (non-hydrogen) atoms. The van der Waals surface area contributed by atoms with Crippen LogP contribution < -0.4 is 14.8 Å². The standard InChI is InChI=1S/C22H27NO3/c1-15(18-12-11-17-7-4-5-8-19(17)13-18)23-22(24)16(2)26-21-10-6-9-20(14-21)25-3/h6,9-16H,4-5,7-8H2,1-3H3,(H,23,24)/t15-,16-/m1/s1. The third kappa shape index (κ3) is 4.37. The normalized spacial score (nSPS) is 15.5. The second kappa shape index (κ2) is 8.26. The highest BCUT2D eigenvalue weighted by Crippen LogP contribution is 2.25. The van der Waals surface area contributed by atoms with Crippen molar-refractivity contribution in [3.05, 3.63) is 59.2 Å². The average Bonchev–Trinajstić information content (AvgIpc) is 2.67. The van der Waals surface area contributed by atoms with Crippen molar-refractivity contribution in [2.75, 3.05) is 7.11 Å². The summed E-state index contributed by atoms with van der Waals surface area (Å²) in [5, 5.41) is 3.06. The minimum atomic E-state index is -0.581. The molecule has 0 bridgehead atoms. The van der Waals surface area contributed by atoms with Crippen molar-refractivity contribution in [2.24, 2.45) is 0 Å². The smallest absolute Gasteiger partial charge is 0.261 e. The lowest BCUT2D eigenvalue weighted by Gasteiger charge is -2.22. The number of rotatable bonds is 6. The van der Waals surface area contributed by atoms with Gasteiger partial charge < -0.3 is 14.8 Å². The highest BCUT2D eigenvalue weighted by atomic mass is 16.5. The fraction of sp³-hybridized carbons (Fsp3) is 0.409. The SMILES string of the molecule is COc1cccc(O[C@H](C)C(=O)N[C@H](C)c2ccc3c(c2)CCCC3)c1. The van der Waals surface area contributed by atoms with Gasteiger partial charge >= 0.3 is 0 Å². The van der Waals surface area contributed by atoms with E-state index in [1.807, 2.05) is 25.1 Å². The molecule has 4 heteroatoms. The predicted molar refractivity (Wildman–Crippen MR) is 103 cm³/mol. The molecule has 4 nitrogen and oxygen atoms in total. The van der Waals surface area contributed by atoms with Crippen LogP contribution in [0.15, 0.2) is 42.5 Å². The molecule has 0 aliphatic heterocycles. The molecule has 138 valence electrons. The molecular weight excluding hydrogens is 326 g/mol. The first-order valence-corrected chi connectivity index (χ1v) is 9.29. The first-order chi connectivity index (χ1) is 12.6. The topological polar surface area (TPSA) is 47.6 Å². The number of benzene rings is 2. The molecule has 1 aliphatic rings. The van der Waals surface area contributed by atoms with E-state index in [2.05, 4.69) is 23.5 Å². The van der Waals surface area contributed by atoms with Crippen molar-refractivity contribution in [1.29, 1.82) is 0 Å². The predicted octanol–water partition coefficient (Wildman–Crippen LogP) is 4.22. The van der Waals surface area contributed by atoms with Gasteiger partial charge in [-0.25, -0.2) is 0 Å². The Kier molecular flexibility index (Phi) is 5.82. The molecule has 1 amide bonds. The maximum absolute atomic E-state index is 12.5. The molecule has 0 heterocycles. The number of methoxy groups -OCH3 is 1. The summed E-state index contributed by atoms with van der Waals surface area (Å²) in [5.41, 5.74) is 4.02. The molecule has 2 aromatic rings. The second-order valence-corrected chi connectivity index (χ2v) is 6.90. The fourth-order valence-electron chi connectivity index (χ4n) is 3.37. The summed E-state index contributed by atoms with van der Waals surface area (Å²) in [5.74, 6) is 1.20. The van der Waals surface area contributed by atoms with E-state index in [4.69, 9.17) is 9.47 Å². The van der Waals surface area contributed by atoms with Crippen molar-refractivity contribution in [3.63, 3.8) is 0 Å². The molecule has 0 saturated carbocycles. The Hall–Kier alpha value is -2.49. The van der Waals surface area contributed by atoms with E-state index in [-0.39, 0.29) is 11.9 Å². The zero-order valence-electron chi connectivity index (χ0n) is 15.7. The molecule has 0 fully saturated rings. The number of ether oxygens (including phenoxy) is 2. The molecule has 0 unspecified atom stereocenters. The summed E-state index contributed by atoms with van der Waals surface area (Å²) in [7, 11) is 1.61. The highest BCUT2D eigenvalue weighted by molar-refractivity contribution is 5.81. The minimum absolute atomic E-state index is 0.0499. The number of nitrogens with one attached hydrogen (secondary N) is 1. The van der Waals surface area contributed by atoms with Gasteiger partial charge in [0.1, 0.15) is 11.5 Å². The summed E-state index contributed by atoms with van der Waals surface area (Å²) < 4.78 is 10.9. The van der Waals surface area contributed by atoms with Crippen LogP contribution in [0.2, 0.25) is 0 Å². The second-order valence-electron chi connectivity index (χ2n) is 6.90. The first kappa shape index (κ1) is 18.3. The molecule has 1 aliphatic carbocycles. The minimum Gasteiger partial charge on any atom is -0.497 e. The van der Waals surface area contributed by atoms with Gasteiger partial charge in [-0.1, -0.05) is 24.3 Å². The van der Waals surface area contributed by atoms with Crippen LogP contribution in [0.3, 0.4) is 0 Å². The first-order valence-electron chi connectivity index (χ1n) is 9.29. The Balaban J connectivity index is 1.61. The van der Waals surface area contributed by atoms with Crippen LogP contribution in [0.1, 0.15) is 49.4 Å². The number of hydrogen-bond acceptors (Lipinski definition) is 3. The molecule has 0 saturated heterocycles. The molecule has 0 spiro atoms. The molecule has 1 N–H and O–H groups in total. The van der Waals surface area contributed by atoms with Gasteiger partial charge in [-0.15, -0.1) is 0 Å². The van der Waals surface area contributed by atoms with Crippen molar-refractivity contribution in [2.45, 2.75) is 51.7 Å². The zero-order chi connectivity index (χ0) is 18.5. The van der Waals surface area contributed by atoms with Crippen LogP contribution in [0.5, 0.6) is 11.5 Å². The summed E-state index contributed by atoms with van der Waals surface area (Å²) in [4.78, 5) is 12.5. The Bertz CT molecular complexity index is 772. The zero-order valence-corrected chi connectivity index (χ0v) is 15.7. The van der Waals surface area contributed by atoms with Crippen LogP contribution in [-0.4, -0.2) is 19.1 Å². The summed E-state index contributed by atoms with van der Waals surface area (Å²) >= 11 is 0. The van der Waals surface area contributed by atoms with Gasteiger partial charge in [0.2, 0.25) is 0 Å². The van der Waals surface area contributed by atoms with Crippen LogP contribution in [0.25, 0.3) is 0 Å². The maximum Gasteiger partial charge on any atom is 0.261 e. The van der Waals surface area contributed by atoms with Crippen LogP contribution in [0, 0.1) is 0 Å². The quantitative estimate of drug-likeness (QED) is 0.846. The Morgan fingerprint density at radius 1 is 1.00 bits per heavy atom. The number of fused-ring (bicyclic) bond motifs is 1. The van der Waals surface area contributed by atoms with Crippen molar-refractivity contribution in [1.82, 2.24) is 5.32 Å². The molecule has 3 rings (SSSR count). The van der Waals surface area contributed by atoms with Gasteiger partial charge in [-0.05, 0) is 68.4 Å². The van der Waals surface area contributed by atoms with Gasteiger partial charge in [0.15, 0.2) is 6.10 Å². The molecule has 0 radical (unpaired) electrons. The van der Waals surface area contributed by atoms with Crippen molar-refractivity contribution >= 4 is 5.91 Å².